The summed E-state index contributed by atoms with van der Waals surface area (Å²) in [5.74, 6) is -0.543. The van der Waals surface area contributed by atoms with Crippen LogP contribution in [0.25, 0.3) is 0 Å². The number of ether oxygens (including phenoxy) is 5. The van der Waals surface area contributed by atoms with Gasteiger partial charge in [0.1, 0.15) is 16.7 Å². The van der Waals surface area contributed by atoms with E-state index in [0.29, 0.717) is 31.4 Å². The van der Waals surface area contributed by atoms with Crippen LogP contribution >= 0.6 is 11.6 Å². The van der Waals surface area contributed by atoms with Crippen molar-refractivity contribution in [1.82, 2.24) is 15.1 Å². The summed E-state index contributed by atoms with van der Waals surface area (Å²) in [5.41, 5.74) is 3.44. The molecule has 4 aliphatic rings. The minimum Gasteiger partial charge on any atom is -0.490 e. The van der Waals surface area contributed by atoms with Crippen molar-refractivity contribution >= 4 is 39.7 Å². The van der Waals surface area contributed by atoms with Crippen molar-refractivity contribution in [3.8, 4) is 11.6 Å². The van der Waals surface area contributed by atoms with Crippen LogP contribution in [0.2, 0.25) is 5.02 Å². The highest BCUT2D eigenvalue weighted by atomic mass is 35.5. The lowest BCUT2D eigenvalue weighted by molar-refractivity contribution is 0.00423. The Labute approximate surface area is 335 Å². The van der Waals surface area contributed by atoms with Gasteiger partial charge < -0.3 is 33.9 Å². The van der Waals surface area contributed by atoms with E-state index in [-0.39, 0.29) is 41.1 Å². The average molecular weight is 810 g/mol. The molecule has 1 spiro atoms. The molecule has 2 amide bonds. The molecule has 1 aromatic heterocycles. The van der Waals surface area contributed by atoms with E-state index < -0.39 is 39.8 Å². The SMILES string of the molecule is COCCO[C@H]1/C=C/[C@H](OC)[C@@H]2CC[C@H]2CN2C[C@@]3(CCCc4cc(Cl)ccc43)COc3ccc(cc32)C(=O)/N=[SH](=O)\C(NC(=O)c2cn(C)nc2OC)[C@H]1C. The second kappa shape index (κ2) is 17.3. The van der Waals surface area contributed by atoms with Gasteiger partial charge in [0.15, 0.2) is 0 Å². The molecule has 1 N–H and O–H groups in total. The van der Waals surface area contributed by atoms with Crippen molar-refractivity contribution in [2.45, 2.75) is 62.0 Å². The summed E-state index contributed by atoms with van der Waals surface area (Å²) in [5, 5.41) is 6.71. The van der Waals surface area contributed by atoms with E-state index in [1.54, 1.807) is 27.3 Å². The molecule has 0 saturated heterocycles. The monoisotopic (exact) mass is 809 g/mol. The number of benzene rings is 2. The Balaban J connectivity index is 1.31. The molecule has 0 radical (unpaired) electrons. The van der Waals surface area contributed by atoms with E-state index in [0.717, 1.165) is 49.4 Å². The molecule has 1 fully saturated rings. The number of aromatic nitrogens is 2. The minimum absolute atomic E-state index is 0.110. The fourth-order valence-corrected chi connectivity index (χ4v) is 10.2. The molecule has 2 aliphatic heterocycles. The van der Waals surface area contributed by atoms with Crippen molar-refractivity contribution in [3.63, 3.8) is 0 Å². The second-order valence-corrected chi connectivity index (χ2v) is 17.2. The lowest BCUT2D eigenvalue weighted by atomic mass is 9.68. The van der Waals surface area contributed by atoms with Gasteiger partial charge in [-0.1, -0.05) is 36.7 Å². The lowest BCUT2D eigenvalue weighted by Crippen LogP contribution is -2.49. The van der Waals surface area contributed by atoms with Gasteiger partial charge in [0, 0.05) is 62.5 Å². The maximum Gasteiger partial charge on any atom is 0.285 e. The van der Waals surface area contributed by atoms with Gasteiger partial charge in [-0.2, -0.15) is 4.36 Å². The van der Waals surface area contributed by atoms with Crippen molar-refractivity contribution in [2.75, 3.05) is 59.1 Å². The fraction of sp³-hybridized carbons (Fsp3) is 0.537. The number of carbonyl (C=O) groups excluding carboxylic acids is 2. The first kappa shape index (κ1) is 40.3. The summed E-state index contributed by atoms with van der Waals surface area (Å²) in [6.07, 6.45) is 9.52. The molecule has 56 heavy (non-hydrogen) atoms. The molecule has 8 atom stereocenters. The van der Waals surface area contributed by atoms with Crippen LogP contribution in [0.5, 0.6) is 11.6 Å². The van der Waals surface area contributed by atoms with Crippen LogP contribution < -0.4 is 19.7 Å². The van der Waals surface area contributed by atoms with Gasteiger partial charge in [0.25, 0.3) is 11.8 Å². The summed E-state index contributed by atoms with van der Waals surface area (Å²) in [6, 6.07) is 11.5. The summed E-state index contributed by atoms with van der Waals surface area (Å²) < 4.78 is 49.8. The minimum atomic E-state index is -2.73. The third kappa shape index (κ3) is 8.22. The van der Waals surface area contributed by atoms with Gasteiger partial charge in [0.05, 0.1) is 55.4 Å². The van der Waals surface area contributed by atoms with Gasteiger partial charge in [-0.05, 0) is 85.4 Å². The standard InChI is InChI=1S/C41H52ClN5O8S/c1-25-34(54-18-17-51-3)14-15-35(52-4)30-11-8-28(30)21-47-23-41(16-6-7-26-19-29(42)10-12-32(26)41)24-55-36-13-9-27(20-33(36)47)37(48)45-56(50)40(25)43-38(49)31-22-46(2)44-39(31)53-5/h9-10,12-15,19-20,22,25,28,30,34-35,40,56H,6-8,11,16-18,21,23-24H2,1-5H3,(H,43,49)/b15-14+/t25-,28-,30+,34-,35-,40?,41-/m0/s1. The summed E-state index contributed by atoms with van der Waals surface area (Å²) in [7, 11) is 3.66. The fourth-order valence-electron chi connectivity index (χ4n) is 8.81. The number of nitrogens with one attached hydrogen (secondary N) is 1. The number of aryl methyl sites for hydroxylation is 2. The summed E-state index contributed by atoms with van der Waals surface area (Å²) in [4.78, 5) is 30.2. The normalized spacial score (nSPS) is 29.8. The molecule has 3 aromatic rings. The topological polar surface area (TPSA) is 143 Å². The Morgan fingerprint density at radius 3 is 2.68 bits per heavy atom. The van der Waals surface area contributed by atoms with E-state index in [2.05, 4.69) is 31.8 Å². The summed E-state index contributed by atoms with van der Waals surface area (Å²) >= 11 is 6.48. The number of hydrogen-bond donors (Lipinski definition) is 2. The Hall–Kier alpha value is -3.95. The van der Waals surface area contributed by atoms with Crippen LogP contribution in [0.3, 0.4) is 0 Å². The first-order valence-electron chi connectivity index (χ1n) is 19.3. The number of halogens is 1. The average Bonchev–Trinajstić information content (AvgIpc) is 3.50. The number of carbonyl (C=O) groups is 2. The van der Waals surface area contributed by atoms with E-state index in [4.69, 9.17) is 35.3 Å². The third-order valence-corrected chi connectivity index (χ3v) is 13.6. The second-order valence-electron chi connectivity index (χ2n) is 15.4. The van der Waals surface area contributed by atoms with Crippen molar-refractivity contribution < 1.29 is 37.5 Å². The Morgan fingerprint density at radius 2 is 1.93 bits per heavy atom. The Morgan fingerprint density at radius 1 is 1.11 bits per heavy atom. The van der Waals surface area contributed by atoms with Crippen LogP contribution in [-0.4, -0.2) is 97.6 Å². The van der Waals surface area contributed by atoms with Crippen molar-refractivity contribution in [3.05, 3.63) is 82.0 Å². The smallest absolute Gasteiger partial charge is 0.285 e. The van der Waals surface area contributed by atoms with E-state index in [1.807, 2.05) is 37.3 Å². The maximum absolute atomic E-state index is 14.4. The van der Waals surface area contributed by atoms with E-state index >= 15 is 0 Å². The summed E-state index contributed by atoms with van der Waals surface area (Å²) in [6.45, 7) is 4.30. The molecule has 2 aromatic carbocycles. The predicted molar refractivity (Wildman–Crippen MR) is 214 cm³/mol. The first-order valence-corrected chi connectivity index (χ1v) is 20.9. The van der Waals surface area contributed by atoms with Crippen LogP contribution in [0.4, 0.5) is 5.69 Å². The number of thiol groups is 1. The van der Waals surface area contributed by atoms with Crippen LogP contribution in [0.15, 0.2) is 59.1 Å². The molecule has 2 unspecified atom stereocenters. The third-order valence-electron chi connectivity index (χ3n) is 12.0. The number of amides is 2. The molecule has 302 valence electrons. The van der Waals surface area contributed by atoms with Crippen LogP contribution in [-0.2, 0) is 43.7 Å². The first-order chi connectivity index (χ1) is 27.0. The number of anilines is 1. The highest BCUT2D eigenvalue weighted by Gasteiger charge is 2.44. The highest BCUT2D eigenvalue weighted by Crippen LogP contribution is 2.47. The molecule has 2 bridgehead atoms. The molecule has 7 rings (SSSR count). The van der Waals surface area contributed by atoms with Crippen molar-refractivity contribution in [2.24, 2.45) is 29.2 Å². The van der Waals surface area contributed by atoms with Gasteiger partial charge in [-0.15, -0.1) is 5.10 Å². The van der Waals surface area contributed by atoms with Crippen LogP contribution in [0, 0.1) is 17.8 Å². The molecule has 3 heterocycles. The zero-order valence-corrected chi connectivity index (χ0v) is 34.3. The van der Waals surface area contributed by atoms with E-state index in [1.165, 1.54) is 29.1 Å². The van der Waals surface area contributed by atoms with Crippen molar-refractivity contribution in [1.29, 1.82) is 0 Å². The molecular formula is C41H52ClN5O8S. The Bertz CT molecular complexity index is 2050. The molecule has 2 aliphatic carbocycles. The molecular weight excluding hydrogens is 758 g/mol. The number of methoxy groups -OCH3 is 3. The zero-order valence-electron chi connectivity index (χ0n) is 32.6. The van der Waals surface area contributed by atoms with Gasteiger partial charge in [-0.3, -0.25) is 18.5 Å². The van der Waals surface area contributed by atoms with Gasteiger partial charge in [0.2, 0.25) is 5.88 Å². The molecule has 15 heteroatoms. The molecule has 1 saturated carbocycles. The highest BCUT2D eigenvalue weighted by molar-refractivity contribution is 7.76. The quantitative estimate of drug-likeness (QED) is 0.173. The largest absolute Gasteiger partial charge is 0.490 e. The molecule has 13 nitrogen and oxygen atoms in total. The Kier molecular flexibility index (Phi) is 12.4. The van der Waals surface area contributed by atoms with Gasteiger partial charge in [-0.25, -0.2) is 0 Å². The number of fused-ring (bicyclic) bond motifs is 4. The van der Waals surface area contributed by atoms with Crippen LogP contribution in [0.1, 0.15) is 64.4 Å². The van der Waals surface area contributed by atoms with Gasteiger partial charge >= 0.3 is 0 Å². The predicted octanol–water partition coefficient (Wildman–Crippen LogP) is 5.39. The van der Waals surface area contributed by atoms with E-state index in [9.17, 15) is 13.8 Å². The maximum atomic E-state index is 14.4. The number of hydrogen-bond acceptors (Lipinski definition) is 10. The lowest BCUT2D eigenvalue weighted by Gasteiger charge is -2.46. The number of nitrogens with zero attached hydrogens (tertiary/aromatic N) is 4. The zero-order chi connectivity index (χ0) is 39.6. The number of rotatable bonds is 8.